The normalized spacial score (nSPS) is 14.4. The number of rotatable bonds is 9. The molecule has 2 atom stereocenters. The van der Waals surface area contributed by atoms with E-state index in [0.717, 1.165) is 11.1 Å². The van der Waals surface area contributed by atoms with Gasteiger partial charge in [-0.2, -0.15) is 5.48 Å². The summed E-state index contributed by atoms with van der Waals surface area (Å²) < 4.78 is 15.0. The van der Waals surface area contributed by atoms with Crippen LogP contribution in [0, 0.1) is 0 Å². The molecule has 2 aromatic carbocycles. The third-order valence-electron chi connectivity index (χ3n) is 3.54. The molecule has 0 aliphatic rings. The summed E-state index contributed by atoms with van der Waals surface area (Å²) in [4.78, 5) is 37.5. The number of benzene rings is 2. The number of hydroxylamine groups is 1. The van der Waals surface area contributed by atoms with Gasteiger partial charge in [0.2, 0.25) is 0 Å². The molecular weight excluding hydrogens is 383 g/mol. The number of carbonyl (C=O) groups excluding carboxylic acids is 2. The van der Waals surface area contributed by atoms with Gasteiger partial charge in [0.15, 0.2) is 5.78 Å². The van der Waals surface area contributed by atoms with Gasteiger partial charge < -0.3 is 9.42 Å². The van der Waals surface area contributed by atoms with E-state index in [1.807, 2.05) is 30.3 Å². The molecule has 9 heteroatoms. The van der Waals surface area contributed by atoms with E-state index < -0.39 is 19.8 Å². The Bertz CT molecular complexity index is 877. The lowest BCUT2D eigenvalue weighted by Crippen LogP contribution is -2.35. The standard InChI is InChI=1S/C19H21N2O6P/c1-14(19(23)27-28(20,24)25)21-26-13-16-9-7-15(8-10-16)11-12-18(22)17-5-3-2-4-6-17/h2-12,14,21H,13H2,1H3,(H3,20,24,25)/t14-/m0/s1. The molecule has 28 heavy (non-hydrogen) atoms. The molecule has 148 valence electrons. The van der Waals surface area contributed by atoms with Crippen LogP contribution in [0.2, 0.25) is 0 Å². The Labute approximate surface area is 162 Å². The Balaban J connectivity index is 1.81. The summed E-state index contributed by atoms with van der Waals surface area (Å²) in [5.41, 5.74) is 9.44. The zero-order valence-corrected chi connectivity index (χ0v) is 16.0. The molecule has 8 nitrogen and oxygen atoms in total. The van der Waals surface area contributed by atoms with Crippen LogP contribution in [0.4, 0.5) is 0 Å². The van der Waals surface area contributed by atoms with Crippen molar-refractivity contribution in [2.75, 3.05) is 0 Å². The van der Waals surface area contributed by atoms with Crippen LogP contribution >= 0.6 is 7.75 Å². The molecule has 4 N–H and O–H groups in total. The highest BCUT2D eigenvalue weighted by atomic mass is 31.2. The molecule has 2 aromatic rings. The molecular formula is C19H21N2O6P. The van der Waals surface area contributed by atoms with Gasteiger partial charge in [0.25, 0.3) is 0 Å². The molecule has 0 spiro atoms. The van der Waals surface area contributed by atoms with Crippen LogP contribution in [0.3, 0.4) is 0 Å². The lowest BCUT2D eigenvalue weighted by atomic mass is 10.1. The van der Waals surface area contributed by atoms with Gasteiger partial charge >= 0.3 is 13.7 Å². The van der Waals surface area contributed by atoms with Gasteiger partial charge in [-0.3, -0.25) is 9.63 Å². The van der Waals surface area contributed by atoms with Crippen LogP contribution in [0.5, 0.6) is 0 Å². The van der Waals surface area contributed by atoms with Crippen molar-refractivity contribution in [3.05, 3.63) is 77.4 Å². The van der Waals surface area contributed by atoms with Gasteiger partial charge in [0.1, 0.15) is 6.04 Å². The molecule has 0 saturated heterocycles. The van der Waals surface area contributed by atoms with E-state index in [1.54, 1.807) is 30.3 Å². The second-order valence-corrected chi connectivity index (χ2v) is 7.22. The number of nitrogens with one attached hydrogen (secondary N) is 1. The number of hydrogen-bond donors (Lipinski definition) is 3. The Kier molecular flexibility index (Phi) is 7.80. The van der Waals surface area contributed by atoms with Crippen molar-refractivity contribution in [2.45, 2.75) is 19.6 Å². The summed E-state index contributed by atoms with van der Waals surface area (Å²) in [6.45, 7) is 1.54. The van der Waals surface area contributed by atoms with Gasteiger partial charge in [-0.1, -0.05) is 60.7 Å². The summed E-state index contributed by atoms with van der Waals surface area (Å²) in [5, 5.41) is 0. The van der Waals surface area contributed by atoms with E-state index in [4.69, 9.17) is 15.2 Å². The van der Waals surface area contributed by atoms with Crippen molar-refractivity contribution >= 4 is 25.6 Å². The van der Waals surface area contributed by atoms with Gasteiger partial charge in [-0.05, 0) is 24.1 Å². The van der Waals surface area contributed by atoms with E-state index in [9.17, 15) is 14.2 Å². The summed E-state index contributed by atoms with van der Waals surface area (Å²) in [6, 6.07) is 15.2. The highest BCUT2D eigenvalue weighted by Crippen LogP contribution is 2.31. The fraction of sp³-hybridized carbons (Fsp3) is 0.158. The zero-order valence-electron chi connectivity index (χ0n) is 15.1. The summed E-state index contributed by atoms with van der Waals surface area (Å²) >= 11 is 0. The Morgan fingerprint density at radius 3 is 2.43 bits per heavy atom. The third kappa shape index (κ3) is 7.56. The summed E-state index contributed by atoms with van der Waals surface area (Å²) in [5.74, 6) is -1.08. The molecule has 0 bridgehead atoms. The number of nitrogens with two attached hydrogens (primary N) is 1. The topological polar surface area (TPSA) is 128 Å². The Hall–Kier alpha value is -2.61. The monoisotopic (exact) mass is 404 g/mol. The third-order valence-corrected chi connectivity index (χ3v) is 3.98. The first-order chi connectivity index (χ1) is 13.2. The second kappa shape index (κ2) is 10.1. The van der Waals surface area contributed by atoms with E-state index in [2.05, 4.69) is 10.0 Å². The minimum atomic E-state index is -4.38. The van der Waals surface area contributed by atoms with Crippen molar-refractivity contribution in [3.8, 4) is 0 Å². The number of ketones is 1. The fourth-order valence-electron chi connectivity index (χ4n) is 2.10. The van der Waals surface area contributed by atoms with Crippen LogP contribution in [0.25, 0.3) is 6.08 Å². The highest BCUT2D eigenvalue weighted by Gasteiger charge is 2.23. The van der Waals surface area contributed by atoms with Gasteiger partial charge in [0.05, 0.1) is 6.61 Å². The first-order valence-electron chi connectivity index (χ1n) is 8.33. The predicted molar refractivity (Wildman–Crippen MR) is 104 cm³/mol. The van der Waals surface area contributed by atoms with Crippen molar-refractivity contribution < 1.29 is 28.4 Å². The number of carbonyl (C=O) groups is 2. The molecule has 0 aliphatic heterocycles. The van der Waals surface area contributed by atoms with Crippen LogP contribution in [0.1, 0.15) is 28.4 Å². The largest absolute Gasteiger partial charge is 0.455 e. The maximum atomic E-state index is 12.0. The first-order valence-corrected chi connectivity index (χ1v) is 9.98. The Morgan fingerprint density at radius 1 is 1.18 bits per heavy atom. The molecule has 1 unspecified atom stereocenters. The molecule has 0 radical (unpaired) electrons. The molecule has 0 aliphatic carbocycles. The number of allylic oxidation sites excluding steroid dienone is 1. The molecule has 0 aromatic heterocycles. The zero-order chi connectivity index (χ0) is 20.6. The molecule has 0 amide bonds. The van der Waals surface area contributed by atoms with Gasteiger partial charge in [0, 0.05) is 5.56 Å². The van der Waals surface area contributed by atoms with Crippen LogP contribution in [-0.4, -0.2) is 22.7 Å². The Morgan fingerprint density at radius 2 is 1.82 bits per heavy atom. The summed E-state index contributed by atoms with van der Waals surface area (Å²) in [6.07, 6.45) is 3.23. The minimum absolute atomic E-state index is 0.0806. The lowest BCUT2D eigenvalue weighted by Gasteiger charge is -2.14. The lowest BCUT2D eigenvalue weighted by molar-refractivity contribution is -0.141. The molecule has 0 heterocycles. The van der Waals surface area contributed by atoms with Crippen molar-refractivity contribution in [1.29, 1.82) is 0 Å². The van der Waals surface area contributed by atoms with Crippen LogP contribution in [-0.2, 0) is 25.3 Å². The number of hydrogen-bond acceptors (Lipinski definition) is 6. The van der Waals surface area contributed by atoms with Gasteiger partial charge in [-0.15, -0.1) is 0 Å². The van der Waals surface area contributed by atoms with E-state index in [1.165, 1.54) is 13.0 Å². The van der Waals surface area contributed by atoms with E-state index in [-0.39, 0.29) is 12.4 Å². The second-order valence-electron chi connectivity index (χ2n) is 5.91. The van der Waals surface area contributed by atoms with E-state index in [0.29, 0.717) is 5.56 Å². The minimum Gasteiger partial charge on any atom is -0.379 e. The van der Waals surface area contributed by atoms with Crippen molar-refractivity contribution in [3.63, 3.8) is 0 Å². The fourth-order valence-corrected chi connectivity index (χ4v) is 2.52. The van der Waals surface area contributed by atoms with Crippen molar-refractivity contribution in [2.24, 2.45) is 5.50 Å². The molecule has 0 saturated carbocycles. The maximum absolute atomic E-state index is 12.0. The average molecular weight is 404 g/mol. The quantitative estimate of drug-likeness (QED) is 0.252. The van der Waals surface area contributed by atoms with Crippen LogP contribution in [0.15, 0.2) is 60.7 Å². The average Bonchev–Trinajstić information content (AvgIpc) is 2.66. The van der Waals surface area contributed by atoms with Crippen molar-refractivity contribution in [1.82, 2.24) is 5.48 Å². The SMILES string of the molecule is C[C@H](NOCc1ccc(C=CC(=O)c2ccccc2)cc1)C(=O)OP(N)(=O)O. The highest BCUT2D eigenvalue weighted by molar-refractivity contribution is 7.50. The maximum Gasteiger partial charge on any atom is 0.455 e. The molecule has 0 fully saturated rings. The van der Waals surface area contributed by atoms with Crippen LogP contribution < -0.4 is 11.0 Å². The smallest absolute Gasteiger partial charge is 0.379 e. The predicted octanol–water partition coefficient (Wildman–Crippen LogP) is 2.59. The molecule has 2 rings (SSSR count). The van der Waals surface area contributed by atoms with Gasteiger partial charge in [-0.25, -0.2) is 14.9 Å². The first kappa shape index (κ1) is 21.7. The van der Waals surface area contributed by atoms with E-state index >= 15 is 0 Å². The summed E-state index contributed by atoms with van der Waals surface area (Å²) in [7, 11) is -4.38.